The molecular formula is C17H19FN2O3S. The molecule has 0 fully saturated rings. The van der Waals surface area contributed by atoms with Gasteiger partial charge in [0.1, 0.15) is 0 Å². The van der Waals surface area contributed by atoms with Crippen LogP contribution in [-0.4, -0.2) is 31.5 Å². The van der Waals surface area contributed by atoms with Crippen LogP contribution in [-0.2, 0) is 4.79 Å². The lowest BCUT2D eigenvalue weighted by Gasteiger charge is -2.08. The fraction of sp³-hybridized carbons (Fsp3) is 0.294. The maximum atomic E-state index is 13.3. The molecule has 0 unspecified atom stereocenters. The van der Waals surface area contributed by atoms with Gasteiger partial charge in [0, 0.05) is 30.5 Å². The molecule has 1 heterocycles. The van der Waals surface area contributed by atoms with Crippen LogP contribution < -0.4 is 15.4 Å². The second kappa shape index (κ2) is 9.67. The molecule has 0 spiro atoms. The molecular weight excluding hydrogens is 331 g/mol. The number of thiophene rings is 1. The number of para-hydroxylation sites is 1. The van der Waals surface area contributed by atoms with E-state index in [1.807, 2.05) is 5.38 Å². The smallest absolute Gasteiger partial charge is 0.252 e. The second-order valence-corrected chi connectivity index (χ2v) is 5.78. The third-order valence-corrected chi connectivity index (χ3v) is 3.84. The van der Waals surface area contributed by atoms with Crippen molar-refractivity contribution in [2.45, 2.75) is 12.8 Å². The Kier molecular flexibility index (Phi) is 7.22. The summed E-state index contributed by atoms with van der Waals surface area (Å²) in [5.74, 6) is -0.517. The lowest BCUT2D eigenvalue weighted by atomic mass is 10.3. The zero-order valence-electron chi connectivity index (χ0n) is 13.1. The molecule has 1 aromatic carbocycles. The van der Waals surface area contributed by atoms with Gasteiger partial charge in [0.15, 0.2) is 11.6 Å². The highest BCUT2D eigenvalue weighted by molar-refractivity contribution is 7.08. The van der Waals surface area contributed by atoms with Crippen molar-refractivity contribution in [1.29, 1.82) is 0 Å². The number of benzene rings is 1. The van der Waals surface area contributed by atoms with E-state index in [1.165, 1.54) is 17.4 Å². The van der Waals surface area contributed by atoms with Gasteiger partial charge < -0.3 is 15.4 Å². The molecule has 2 aromatic rings. The molecule has 0 atom stereocenters. The Morgan fingerprint density at radius 1 is 1.12 bits per heavy atom. The lowest BCUT2D eigenvalue weighted by Crippen LogP contribution is -2.31. The minimum absolute atomic E-state index is 0.147. The van der Waals surface area contributed by atoms with Crippen LogP contribution in [0.5, 0.6) is 5.75 Å². The quantitative estimate of drug-likeness (QED) is 0.683. The summed E-state index contributed by atoms with van der Waals surface area (Å²) >= 11 is 1.45. The van der Waals surface area contributed by atoms with Crippen molar-refractivity contribution < 1.29 is 18.7 Å². The summed E-state index contributed by atoms with van der Waals surface area (Å²) in [5.41, 5.74) is 0.603. The number of amides is 2. The summed E-state index contributed by atoms with van der Waals surface area (Å²) in [6, 6.07) is 7.92. The zero-order chi connectivity index (χ0) is 17.2. The Bertz CT molecular complexity index is 662. The van der Waals surface area contributed by atoms with E-state index in [0.717, 1.165) is 0 Å². The molecule has 5 nitrogen and oxygen atoms in total. The van der Waals surface area contributed by atoms with Crippen molar-refractivity contribution in [2.24, 2.45) is 0 Å². The van der Waals surface area contributed by atoms with Crippen LogP contribution in [0.15, 0.2) is 41.1 Å². The number of carbonyl (C=O) groups is 2. The summed E-state index contributed by atoms with van der Waals surface area (Å²) in [6.07, 6.45) is 0.783. The van der Waals surface area contributed by atoms with E-state index in [-0.39, 0.29) is 30.5 Å². The predicted octanol–water partition coefficient (Wildman–Crippen LogP) is 2.59. The first-order valence-corrected chi connectivity index (χ1v) is 8.55. The number of hydrogen-bond donors (Lipinski definition) is 2. The average Bonchev–Trinajstić information content (AvgIpc) is 3.10. The van der Waals surface area contributed by atoms with Crippen LogP contribution in [0.4, 0.5) is 4.39 Å². The van der Waals surface area contributed by atoms with E-state index in [0.29, 0.717) is 25.1 Å². The molecule has 0 bridgehead atoms. The molecule has 2 N–H and O–H groups in total. The first-order valence-electron chi connectivity index (χ1n) is 7.61. The van der Waals surface area contributed by atoms with Crippen LogP contribution in [0.3, 0.4) is 0 Å². The summed E-state index contributed by atoms with van der Waals surface area (Å²) in [4.78, 5) is 23.3. The van der Waals surface area contributed by atoms with Gasteiger partial charge in [0.05, 0.1) is 6.61 Å². The summed E-state index contributed by atoms with van der Waals surface area (Å²) in [7, 11) is 0. The van der Waals surface area contributed by atoms with Crippen molar-refractivity contribution in [2.75, 3.05) is 19.7 Å². The van der Waals surface area contributed by atoms with Crippen molar-refractivity contribution in [1.82, 2.24) is 10.6 Å². The molecule has 0 radical (unpaired) electrons. The van der Waals surface area contributed by atoms with E-state index in [1.54, 1.807) is 29.6 Å². The van der Waals surface area contributed by atoms with Gasteiger partial charge in [0.25, 0.3) is 5.91 Å². The standard InChI is InChI=1S/C17H19FN2O3S/c18-14-4-1-2-5-15(14)23-10-3-8-19-16(21)6-9-20-17(22)13-7-11-24-12-13/h1-2,4-5,7,11-12H,3,6,8-10H2,(H,19,21)(H,20,22). The van der Waals surface area contributed by atoms with Gasteiger partial charge in [-0.3, -0.25) is 9.59 Å². The third kappa shape index (κ3) is 6.00. The Morgan fingerprint density at radius 2 is 1.96 bits per heavy atom. The minimum atomic E-state index is -0.400. The SMILES string of the molecule is O=C(CCNC(=O)c1ccsc1)NCCCOc1ccccc1F. The second-order valence-electron chi connectivity index (χ2n) is 5.00. The number of halogens is 1. The topological polar surface area (TPSA) is 67.4 Å². The van der Waals surface area contributed by atoms with Gasteiger partial charge in [-0.25, -0.2) is 4.39 Å². The molecule has 1 aromatic heterocycles. The van der Waals surface area contributed by atoms with E-state index in [2.05, 4.69) is 10.6 Å². The third-order valence-electron chi connectivity index (χ3n) is 3.16. The number of carbonyl (C=O) groups excluding carboxylic acids is 2. The van der Waals surface area contributed by atoms with Crippen molar-refractivity contribution in [3.63, 3.8) is 0 Å². The predicted molar refractivity (Wildman–Crippen MR) is 90.8 cm³/mol. The van der Waals surface area contributed by atoms with Crippen molar-refractivity contribution >= 4 is 23.2 Å². The Balaban J connectivity index is 1.52. The van der Waals surface area contributed by atoms with E-state index < -0.39 is 5.82 Å². The van der Waals surface area contributed by atoms with Crippen LogP contribution in [0, 0.1) is 5.82 Å². The van der Waals surface area contributed by atoms with Crippen molar-refractivity contribution in [3.8, 4) is 5.75 Å². The van der Waals surface area contributed by atoms with Gasteiger partial charge in [-0.1, -0.05) is 12.1 Å². The largest absolute Gasteiger partial charge is 0.490 e. The highest BCUT2D eigenvalue weighted by atomic mass is 32.1. The van der Waals surface area contributed by atoms with Gasteiger partial charge >= 0.3 is 0 Å². The molecule has 24 heavy (non-hydrogen) atoms. The van der Waals surface area contributed by atoms with Crippen LogP contribution in [0.2, 0.25) is 0 Å². The molecule has 2 amide bonds. The highest BCUT2D eigenvalue weighted by Gasteiger charge is 2.06. The Labute approximate surface area is 143 Å². The summed E-state index contributed by atoms with van der Waals surface area (Å²) < 4.78 is 18.6. The molecule has 7 heteroatoms. The monoisotopic (exact) mass is 350 g/mol. The Morgan fingerprint density at radius 3 is 2.71 bits per heavy atom. The maximum absolute atomic E-state index is 13.3. The molecule has 2 rings (SSSR count). The molecule has 0 aliphatic carbocycles. The van der Waals surface area contributed by atoms with Gasteiger partial charge in [-0.15, -0.1) is 0 Å². The summed E-state index contributed by atoms with van der Waals surface area (Å²) in [6.45, 7) is 1.04. The molecule has 128 valence electrons. The fourth-order valence-electron chi connectivity index (χ4n) is 1.92. The van der Waals surface area contributed by atoms with Crippen LogP contribution in [0.25, 0.3) is 0 Å². The van der Waals surface area contributed by atoms with Gasteiger partial charge in [-0.2, -0.15) is 11.3 Å². The van der Waals surface area contributed by atoms with Gasteiger partial charge in [0.2, 0.25) is 5.91 Å². The van der Waals surface area contributed by atoms with Gasteiger partial charge in [-0.05, 0) is 30.0 Å². The number of nitrogens with one attached hydrogen (secondary N) is 2. The highest BCUT2D eigenvalue weighted by Crippen LogP contribution is 2.15. The number of hydrogen-bond acceptors (Lipinski definition) is 4. The molecule has 0 aliphatic heterocycles. The number of rotatable bonds is 9. The van der Waals surface area contributed by atoms with E-state index >= 15 is 0 Å². The maximum Gasteiger partial charge on any atom is 0.252 e. The van der Waals surface area contributed by atoms with E-state index in [4.69, 9.17) is 4.74 Å². The molecule has 0 aliphatic rings. The normalized spacial score (nSPS) is 10.2. The zero-order valence-corrected chi connectivity index (χ0v) is 13.9. The van der Waals surface area contributed by atoms with E-state index in [9.17, 15) is 14.0 Å². The van der Waals surface area contributed by atoms with Crippen molar-refractivity contribution in [3.05, 3.63) is 52.5 Å². The number of ether oxygens (including phenoxy) is 1. The first-order chi connectivity index (χ1) is 11.7. The molecule has 0 saturated carbocycles. The van der Waals surface area contributed by atoms with Crippen LogP contribution in [0.1, 0.15) is 23.2 Å². The van der Waals surface area contributed by atoms with Crippen LogP contribution >= 0.6 is 11.3 Å². The summed E-state index contributed by atoms with van der Waals surface area (Å²) in [5, 5.41) is 9.00. The minimum Gasteiger partial charge on any atom is -0.490 e. The lowest BCUT2D eigenvalue weighted by molar-refractivity contribution is -0.120. The Hall–Kier alpha value is -2.41. The fourth-order valence-corrected chi connectivity index (χ4v) is 2.55. The average molecular weight is 350 g/mol. The molecule has 0 saturated heterocycles. The first kappa shape index (κ1) is 17.9.